The minimum Gasteiger partial charge on any atom is -0.354 e. The maximum absolute atomic E-state index is 15.5. The molecule has 0 aliphatic carbocycles. The average molecular weight is 572 g/mol. The fraction of sp³-hybridized carbons (Fsp3) is 0.269. The first-order valence-corrected chi connectivity index (χ1v) is 14.2. The predicted octanol–water partition coefficient (Wildman–Crippen LogP) is 3.67. The third kappa shape index (κ3) is 5.33. The van der Waals surface area contributed by atoms with Gasteiger partial charge in [0.15, 0.2) is 11.6 Å². The fourth-order valence-corrected chi connectivity index (χ4v) is 5.51. The topological polar surface area (TPSA) is 123 Å². The first-order valence-electron chi connectivity index (χ1n) is 12.4. The summed E-state index contributed by atoms with van der Waals surface area (Å²) in [6.07, 6.45) is 4.86. The Balaban J connectivity index is 1.48. The molecule has 1 aliphatic rings. The van der Waals surface area contributed by atoms with Gasteiger partial charge in [0, 0.05) is 80.4 Å². The number of aromatic nitrogens is 3. The van der Waals surface area contributed by atoms with Crippen molar-refractivity contribution in [1.82, 2.24) is 24.6 Å². The molecule has 0 bridgehead atoms. The first kappa shape index (κ1) is 27.0. The van der Waals surface area contributed by atoms with E-state index in [0.717, 1.165) is 47.4 Å². The highest BCUT2D eigenvalue weighted by Crippen LogP contribution is 2.32. The van der Waals surface area contributed by atoms with Crippen molar-refractivity contribution in [3.63, 3.8) is 0 Å². The summed E-state index contributed by atoms with van der Waals surface area (Å²) in [5.74, 6) is -0.885. The fourth-order valence-electron chi connectivity index (χ4n) is 4.35. The lowest BCUT2D eigenvalue weighted by atomic mass is 10.0. The number of rotatable bonds is 8. The number of anilines is 2. The average Bonchev–Trinajstić information content (AvgIpc) is 3.38. The van der Waals surface area contributed by atoms with E-state index in [1.54, 1.807) is 25.4 Å². The van der Waals surface area contributed by atoms with Gasteiger partial charge in [-0.25, -0.2) is 14.4 Å². The van der Waals surface area contributed by atoms with E-state index in [0.29, 0.717) is 11.0 Å². The number of ketones is 1. The highest BCUT2D eigenvalue weighted by molar-refractivity contribution is 7.90. The van der Waals surface area contributed by atoms with Crippen LogP contribution in [0.15, 0.2) is 48.9 Å². The van der Waals surface area contributed by atoms with E-state index < -0.39 is 27.4 Å². The van der Waals surface area contributed by atoms with Gasteiger partial charge in [-0.15, -0.1) is 0 Å². The molecule has 0 atom stereocenters. The largest absolute Gasteiger partial charge is 0.354 e. The quantitative estimate of drug-likeness (QED) is 0.276. The number of nitrogens with one attached hydrogen (secondary N) is 3. The molecule has 5 rings (SSSR count). The molecule has 0 radical (unpaired) electrons. The summed E-state index contributed by atoms with van der Waals surface area (Å²) >= 11 is 6.24. The number of hydrogen-bond donors (Lipinski definition) is 3. The van der Waals surface area contributed by atoms with Crippen LogP contribution in [0.5, 0.6) is 0 Å². The van der Waals surface area contributed by atoms with Crippen LogP contribution in [-0.4, -0.2) is 73.2 Å². The van der Waals surface area contributed by atoms with Gasteiger partial charge in [-0.1, -0.05) is 18.5 Å². The summed E-state index contributed by atoms with van der Waals surface area (Å²) in [4.78, 5) is 27.7. The summed E-state index contributed by atoms with van der Waals surface area (Å²) < 4.78 is 43.6. The van der Waals surface area contributed by atoms with Gasteiger partial charge >= 0.3 is 10.2 Å². The second-order valence-electron chi connectivity index (χ2n) is 9.10. The Morgan fingerprint density at radius 1 is 1.15 bits per heavy atom. The Bertz CT molecular complexity index is 1640. The normalized spacial score (nSPS) is 14.2. The molecule has 0 amide bonds. The second kappa shape index (κ2) is 10.9. The molecule has 4 aromatic rings. The number of fused-ring (bicyclic) bond motifs is 1. The van der Waals surface area contributed by atoms with E-state index >= 15 is 4.39 Å². The molecule has 3 aromatic heterocycles. The molecule has 204 valence electrons. The van der Waals surface area contributed by atoms with Crippen LogP contribution in [0.25, 0.3) is 22.2 Å². The number of carbonyl (C=O) groups is 1. The van der Waals surface area contributed by atoms with Crippen LogP contribution in [0, 0.1) is 5.82 Å². The van der Waals surface area contributed by atoms with Crippen LogP contribution in [-0.2, 0) is 10.2 Å². The number of nitrogens with zero attached hydrogens (tertiary/aromatic N) is 4. The van der Waals surface area contributed by atoms with E-state index in [1.165, 1.54) is 25.4 Å². The number of halogens is 2. The molecule has 4 heterocycles. The monoisotopic (exact) mass is 571 g/mol. The van der Waals surface area contributed by atoms with Crippen LogP contribution >= 0.6 is 11.6 Å². The number of H-pyrrole nitrogens is 1. The Kier molecular flexibility index (Phi) is 7.54. The third-order valence-corrected chi connectivity index (χ3v) is 8.58. The third-order valence-electron chi connectivity index (χ3n) is 6.71. The number of pyridine rings is 2. The zero-order valence-corrected chi connectivity index (χ0v) is 22.9. The number of benzene rings is 1. The molecule has 1 fully saturated rings. The molecule has 1 aliphatic heterocycles. The van der Waals surface area contributed by atoms with Gasteiger partial charge < -0.3 is 15.2 Å². The summed E-state index contributed by atoms with van der Waals surface area (Å²) in [6.45, 7) is 5.39. The Morgan fingerprint density at radius 2 is 1.90 bits per heavy atom. The number of hydrogen-bond acceptors (Lipinski definition) is 7. The van der Waals surface area contributed by atoms with E-state index in [-0.39, 0.29) is 22.8 Å². The van der Waals surface area contributed by atoms with Crippen molar-refractivity contribution in [1.29, 1.82) is 0 Å². The number of aromatic amines is 1. The van der Waals surface area contributed by atoms with Gasteiger partial charge in [-0.2, -0.15) is 12.7 Å². The van der Waals surface area contributed by atoms with Crippen molar-refractivity contribution in [2.24, 2.45) is 0 Å². The molecular formula is C26H27ClFN7O3S. The molecule has 0 saturated carbocycles. The maximum atomic E-state index is 15.5. The molecule has 39 heavy (non-hydrogen) atoms. The van der Waals surface area contributed by atoms with E-state index in [2.05, 4.69) is 29.9 Å². The van der Waals surface area contributed by atoms with E-state index in [1.807, 2.05) is 12.1 Å². The van der Waals surface area contributed by atoms with E-state index in [9.17, 15) is 13.2 Å². The SMILES string of the molecule is CCN(C)S(=O)(=O)Nc1ccc(Cl)c(C(=O)c2c[nH]c3ncc(-c4ccc(N5CCNCC5)nc4)cc23)c1F. The summed E-state index contributed by atoms with van der Waals surface area (Å²) in [6, 6.07) is 8.14. The van der Waals surface area contributed by atoms with Crippen LogP contribution in [0.1, 0.15) is 22.8 Å². The molecule has 1 saturated heterocycles. The number of piperazine rings is 1. The lowest BCUT2D eigenvalue weighted by Gasteiger charge is -2.28. The summed E-state index contributed by atoms with van der Waals surface area (Å²) in [5, 5.41) is 3.64. The van der Waals surface area contributed by atoms with Gasteiger partial charge in [-0.3, -0.25) is 9.52 Å². The van der Waals surface area contributed by atoms with Crippen LogP contribution in [0.3, 0.4) is 0 Å². The molecule has 13 heteroatoms. The standard InChI is InChI=1S/C26H27ClFN7O3S/c1-3-34(2)39(37,38)33-21-6-5-20(27)23(24(21)28)25(36)19-15-32-26-18(19)12-17(14-31-26)16-4-7-22(30-13-16)35-10-8-29-9-11-35/h4-7,12-15,29,33H,3,8-11H2,1-2H3,(H,31,32). The van der Waals surface area contributed by atoms with Crippen LogP contribution in [0.2, 0.25) is 5.02 Å². The molecular weight excluding hydrogens is 545 g/mol. The second-order valence-corrected chi connectivity index (χ2v) is 11.3. The minimum atomic E-state index is -4.02. The van der Waals surface area contributed by atoms with Gasteiger partial charge in [0.05, 0.1) is 16.3 Å². The van der Waals surface area contributed by atoms with Crippen molar-refractivity contribution in [2.45, 2.75) is 6.92 Å². The van der Waals surface area contributed by atoms with Gasteiger partial charge in [-0.05, 0) is 30.3 Å². The van der Waals surface area contributed by atoms with Crippen molar-refractivity contribution >= 4 is 50.1 Å². The predicted molar refractivity (Wildman–Crippen MR) is 150 cm³/mol. The van der Waals surface area contributed by atoms with Crippen molar-refractivity contribution < 1.29 is 17.6 Å². The van der Waals surface area contributed by atoms with Gasteiger partial charge in [0.1, 0.15) is 11.5 Å². The molecule has 3 N–H and O–H groups in total. The highest BCUT2D eigenvalue weighted by atomic mass is 35.5. The molecule has 0 spiro atoms. The van der Waals surface area contributed by atoms with Gasteiger partial charge in [0.25, 0.3) is 0 Å². The molecule has 10 nitrogen and oxygen atoms in total. The first-order chi connectivity index (χ1) is 18.7. The van der Waals surface area contributed by atoms with Gasteiger partial charge in [0.2, 0.25) is 0 Å². The maximum Gasteiger partial charge on any atom is 0.301 e. The minimum absolute atomic E-state index is 0.143. The number of carbonyl (C=O) groups excluding carboxylic acids is 1. The lowest BCUT2D eigenvalue weighted by Crippen LogP contribution is -2.43. The summed E-state index contributed by atoms with van der Waals surface area (Å²) in [5.41, 5.74) is 1.30. The van der Waals surface area contributed by atoms with E-state index in [4.69, 9.17) is 11.6 Å². The smallest absolute Gasteiger partial charge is 0.301 e. The highest BCUT2D eigenvalue weighted by Gasteiger charge is 2.26. The summed E-state index contributed by atoms with van der Waals surface area (Å²) in [7, 11) is -2.66. The van der Waals surface area contributed by atoms with Crippen molar-refractivity contribution in [2.75, 3.05) is 49.4 Å². The molecule has 0 unspecified atom stereocenters. The molecule has 1 aromatic carbocycles. The Hall–Kier alpha value is -3.58. The zero-order chi connectivity index (χ0) is 27.7. The Morgan fingerprint density at radius 3 is 2.59 bits per heavy atom. The Labute approximate surface area is 230 Å². The zero-order valence-electron chi connectivity index (χ0n) is 21.3. The van der Waals surface area contributed by atoms with Crippen LogP contribution in [0.4, 0.5) is 15.9 Å². The van der Waals surface area contributed by atoms with Crippen LogP contribution < -0.4 is 14.9 Å². The van der Waals surface area contributed by atoms with Crippen molar-refractivity contribution in [3.05, 3.63) is 70.9 Å². The van der Waals surface area contributed by atoms with Crippen molar-refractivity contribution in [3.8, 4) is 11.1 Å². The lowest BCUT2D eigenvalue weighted by molar-refractivity contribution is 0.103.